The van der Waals surface area contributed by atoms with E-state index in [1.165, 1.54) is 25.5 Å². The highest BCUT2D eigenvalue weighted by Crippen LogP contribution is 2.27. The van der Waals surface area contributed by atoms with E-state index in [1.807, 2.05) is 13.8 Å². The van der Waals surface area contributed by atoms with Crippen LogP contribution in [0.4, 0.5) is 0 Å². The zero-order valence-corrected chi connectivity index (χ0v) is 12.7. The number of esters is 1. The Labute approximate surface area is 120 Å². The number of methoxy groups -OCH3 is 1. The maximum Gasteiger partial charge on any atom is 0.346 e. The van der Waals surface area contributed by atoms with Gasteiger partial charge in [0.05, 0.1) is 7.11 Å². The highest BCUT2D eigenvalue weighted by Gasteiger charge is 2.21. The standard InChI is InChI=1S/C16H23NO3/c1-10-7-13(9-17-14-5-6-14)8-11(2)15(10)20-12(3)16(18)19-4/h7-8,12,14,17H,5-6,9H2,1-4H3. The molecule has 4 nitrogen and oxygen atoms in total. The third kappa shape index (κ3) is 3.73. The summed E-state index contributed by atoms with van der Waals surface area (Å²) >= 11 is 0. The van der Waals surface area contributed by atoms with Gasteiger partial charge in [0.15, 0.2) is 6.10 Å². The molecule has 0 aromatic heterocycles. The Morgan fingerprint density at radius 1 is 1.35 bits per heavy atom. The van der Waals surface area contributed by atoms with E-state index in [4.69, 9.17) is 4.74 Å². The molecule has 0 amide bonds. The van der Waals surface area contributed by atoms with E-state index in [0.29, 0.717) is 6.04 Å². The Morgan fingerprint density at radius 2 is 1.95 bits per heavy atom. The van der Waals surface area contributed by atoms with Gasteiger partial charge in [-0.3, -0.25) is 0 Å². The summed E-state index contributed by atoms with van der Waals surface area (Å²) in [6.45, 7) is 6.60. The molecule has 1 aromatic carbocycles. The summed E-state index contributed by atoms with van der Waals surface area (Å²) in [7, 11) is 1.37. The average molecular weight is 277 g/mol. The molecule has 1 N–H and O–H groups in total. The van der Waals surface area contributed by atoms with E-state index in [2.05, 4.69) is 22.2 Å². The van der Waals surface area contributed by atoms with Gasteiger partial charge in [-0.2, -0.15) is 0 Å². The second-order valence-electron chi connectivity index (χ2n) is 5.50. The normalized spacial score (nSPS) is 15.8. The zero-order valence-electron chi connectivity index (χ0n) is 12.7. The summed E-state index contributed by atoms with van der Waals surface area (Å²) in [5, 5.41) is 3.50. The maximum atomic E-state index is 11.4. The van der Waals surface area contributed by atoms with Crippen LogP contribution in [0.25, 0.3) is 0 Å². The molecule has 1 unspecified atom stereocenters. The molecular formula is C16H23NO3. The Kier molecular flexibility index (Phi) is 4.65. The number of ether oxygens (including phenoxy) is 2. The number of hydrogen-bond acceptors (Lipinski definition) is 4. The summed E-state index contributed by atoms with van der Waals surface area (Å²) in [4.78, 5) is 11.4. The van der Waals surface area contributed by atoms with Gasteiger partial charge in [0, 0.05) is 12.6 Å². The number of carbonyl (C=O) groups is 1. The number of benzene rings is 1. The lowest BCUT2D eigenvalue weighted by molar-refractivity contribution is -0.147. The molecule has 1 aromatic rings. The van der Waals surface area contributed by atoms with Crippen LogP contribution >= 0.6 is 0 Å². The minimum absolute atomic E-state index is 0.358. The first-order valence-electron chi connectivity index (χ1n) is 7.09. The van der Waals surface area contributed by atoms with Gasteiger partial charge < -0.3 is 14.8 Å². The summed E-state index contributed by atoms with van der Waals surface area (Å²) in [6, 6.07) is 4.93. The fraction of sp³-hybridized carbons (Fsp3) is 0.562. The molecule has 0 heterocycles. The molecule has 4 heteroatoms. The number of aryl methyl sites for hydroxylation is 2. The van der Waals surface area contributed by atoms with Crippen molar-refractivity contribution in [3.63, 3.8) is 0 Å². The van der Waals surface area contributed by atoms with Crippen molar-refractivity contribution in [2.75, 3.05) is 7.11 Å². The Bertz CT molecular complexity index is 471. The SMILES string of the molecule is COC(=O)C(C)Oc1c(C)cc(CNC2CC2)cc1C. The van der Waals surface area contributed by atoms with E-state index >= 15 is 0 Å². The molecule has 0 spiro atoms. The topological polar surface area (TPSA) is 47.6 Å². The first-order chi connectivity index (χ1) is 9.51. The van der Waals surface area contributed by atoms with Gasteiger partial charge in [-0.25, -0.2) is 4.79 Å². The van der Waals surface area contributed by atoms with E-state index < -0.39 is 6.10 Å². The first-order valence-corrected chi connectivity index (χ1v) is 7.09. The summed E-state index contributed by atoms with van der Waals surface area (Å²) < 4.78 is 10.4. The molecule has 20 heavy (non-hydrogen) atoms. The second kappa shape index (κ2) is 6.27. The summed E-state index contributed by atoms with van der Waals surface area (Å²) in [5.74, 6) is 0.418. The van der Waals surface area contributed by atoms with Crippen LogP contribution in [-0.4, -0.2) is 25.2 Å². The molecular weight excluding hydrogens is 254 g/mol. The number of rotatable bonds is 6. The van der Waals surface area contributed by atoms with Crippen LogP contribution in [0.3, 0.4) is 0 Å². The van der Waals surface area contributed by atoms with E-state index in [1.54, 1.807) is 6.92 Å². The highest BCUT2D eigenvalue weighted by molar-refractivity contribution is 5.74. The van der Waals surface area contributed by atoms with Crippen LogP contribution in [0.1, 0.15) is 36.5 Å². The van der Waals surface area contributed by atoms with Crippen LogP contribution in [0.5, 0.6) is 5.75 Å². The van der Waals surface area contributed by atoms with Crippen LogP contribution in [0.2, 0.25) is 0 Å². The lowest BCUT2D eigenvalue weighted by Crippen LogP contribution is -2.25. The predicted molar refractivity (Wildman–Crippen MR) is 77.9 cm³/mol. The third-order valence-electron chi connectivity index (χ3n) is 3.52. The van der Waals surface area contributed by atoms with Gasteiger partial charge in [0.1, 0.15) is 5.75 Å². The van der Waals surface area contributed by atoms with Gasteiger partial charge in [0.2, 0.25) is 0 Å². The zero-order chi connectivity index (χ0) is 14.7. The lowest BCUT2D eigenvalue weighted by atomic mass is 10.1. The molecule has 1 aliphatic rings. The lowest BCUT2D eigenvalue weighted by Gasteiger charge is -2.18. The Balaban J connectivity index is 2.06. The van der Waals surface area contributed by atoms with Crippen LogP contribution in [0, 0.1) is 13.8 Å². The number of nitrogens with one attached hydrogen (secondary N) is 1. The largest absolute Gasteiger partial charge is 0.478 e. The monoisotopic (exact) mass is 277 g/mol. The smallest absolute Gasteiger partial charge is 0.346 e. The number of carbonyl (C=O) groups excluding carboxylic acids is 1. The summed E-state index contributed by atoms with van der Waals surface area (Å²) in [5.41, 5.74) is 3.35. The van der Waals surface area contributed by atoms with Crippen molar-refractivity contribution in [1.29, 1.82) is 0 Å². The first kappa shape index (κ1) is 14.9. The minimum Gasteiger partial charge on any atom is -0.478 e. The quantitative estimate of drug-likeness (QED) is 0.812. The number of hydrogen-bond donors (Lipinski definition) is 1. The predicted octanol–water partition coefficient (Wildman–Crippen LogP) is 2.50. The molecule has 0 aliphatic heterocycles. The minimum atomic E-state index is -0.590. The molecule has 1 saturated carbocycles. The van der Waals surface area contributed by atoms with Crippen molar-refractivity contribution in [3.8, 4) is 5.75 Å². The molecule has 1 aliphatic carbocycles. The van der Waals surface area contributed by atoms with Gasteiger partial charge in [-0.05, 0) is 50.3 Å². The molecule has 0 bridgehead atoms. The van der Waals surface area contributed by atoms with Crippen molar-refractivity contribution >= 4 is 5.97 Å². The van der Waals surface area contributed by atoms with Gasteiger partial charge >= 0.3 is 5.97 Å². The van der Waals surface area contributed by atoms with Crippen molar-refractivity contribution in [1.82, 2.24) is 5.32 Å². The Morgan fingerprint density at radius 3 is 2.45 bits per heavy atom. The average Bonchev–Trinajstić information content (AvgIpc) is 3.23. The molecule has 110 valence electrons. The van der Waals surface area contributed by atoms with Gasteiger partial charge in [-0.1, -0.05) is 12.1 Å². The fourth-order valence-electron chi connectivity index (χ4n) is 2.27. The van der Waals surface area contributed by atoms with Crippen LogP contribution < -0.4 is 10.1 Å². The van der Waals surface area contributed by atoms with Crippen molar-refractivity contribution in [2.24, 2.45) is 0 Å². The van der Waals surface area contributed by atoms with Crippen LogP contribution in [0.15, 0.2) is 12.1 Å². The Hall–Kier alpha value is -1.55. The van der Waals surface area contributed by atoms with Crippen molar-refractivity contribution in [3.05, 3.63) is 28.8 Å². The third-order valence-corrected chi connectivity index (χ3v) is 3.52. The second-order valence-corrected chi connectivity index (χ2v) is 5.50. The van der Waals surface area contributed by atoms with Crippen LogP contribution in [-0.2, 0) is 16.1 Å². The molecule has 0 radical (unpaired) electrons. The summed E-state index contributed by atoms with van der Waals surface area (Å²) in [6.07, 6.45) is 1.99. The molecule has 1 fully saturated rings. The van der Waals surface area contributed by atoms with Crippen molar-refractivity contribution in [2.45, 2.75) is 52.3 Å². The van der Waals surface area contributed by atoms with E-state index in [-0.39, 0.29) is 5.97 Å². The fourth-order valence-corrected chi connectivity index (χ4v) is 2.27. The van der Waals surface area contributed by atoms with E-state index in [0.717, 1.165) is 23.4 Å². The molecule has 2 rings (SSSR count). The highest BCUT2D eigenvalue weighted by atomic mass is 16.6. The molecule has 0 saturated heterocycles. The van der Waals surface area contributed by atoms with Crippen molar-refractivity contribution < 1.29 is 14.3 Å². The van der Waals surface area contributed by atoms with Gasteiger partial charge in [0.25, 0.3) is 0 Å². The van der Waals surface area contributed by atoms with Gasteiger partial charge in [-0.15, -0.1) is 0 Å². The van der Waals surface area contributed by atoms with E-state index in [9.17, 15) is 4.79 Å². The molecule has 1 atom stereocenters. The maximum absolute atomic E-state index is 11.4.